The van der Waals surface area contributed by atoms with Gasteiger partial charge in [0.15, 0.2) is 0 Å². The van der Waals surface area contributed by atoms with E-state index >= 15 is 0 Å². The largest absolute Gasteiger partial charge is 2.00 e. The molecule has 0 unspecified atom stereocenters. The SMILES string of the molecule is [Cs+].[Cs+].[Cs+].[Cs+].[Cs+].[Cs+].[Ni+2].[O-][Si]([O-])([O-])[O-].[O-][Si]([O-])([O-])[O-]. The quantitative estimate of drug-likeness (QED) is 0.215. The molecule has 0 aromatic rings. The molecule has 72 valence electrons. The van der Waals surface area contributed by atoms with E-state index in [0.29, 0.717) is 0 Å². The van der Waals surface area contributed by atoms with Crippen LogP contribution in [0, 0.1) is 0 Å². The Morgan fingerprint density at radius 2 is 0.353 bits per heavy atom. The third-order valence-corrected chi connectivity index (χ3v) is 0. The van der Waals surface area contributed by atoms with Crippen LogP contribution >= 0.6 is 0 Å². The molecule has 0 aliphatic carbocycles. The van der Waals surface area contributed by atoms with Gasteiger partial charge in [-0.3, -0.25) is 0 Å². The molecule has 0 aromatic carbocycles. The summed E-state index contributed by atoms with van der Waals surface area (Å²) in [6.45, 7) is 0. The second-order valence-electron chi connectivity index (χ2n) is 1.00. The molecule has 0 radical (unpaired) electrons. The number of hydrogen-bond donors (Lipinski definition) is 0. The zero-order chi connectivity index (χ0) is 9.00. The zero-order valence-corrected chi connectivity index (χ0v) is 51.3. The molecule has 0 atom stereocenters. The van der Waals surface area contributed by atoms with Gasteiger partial charge in [0, 0.05) is 0 Å². The predicted molar refractivity (Wildman–Crippen MR) is 11.5 cm³/mol. The first-order valence-electron chi connectivity index (χ1n) is 1.63. The molecule has 0 rings (SSSR count). The Balaban J connectivity index is -0.00000000762. The fourth-order valence-electron chi connectivity index (χ4n) is 0. The van der Waals surface area contributed by atoms with Crippen molar-refractivity contribution < 1.29 is 468 Å². The van der Waals surface area contributed by atoms with Gasteiger partial charge in [0.05, 0.1) is 0 Å². The molecule has 0 amide bonds. The third-order valence-electron chi connectivity index (χ3n) is 0. The molecular formula is Cs6NiO8Si2. The summed E-state index contributed by atoms with van der Waals surface area (Å²) in [6.07, 6.45) is 0. The van der Waals surface area contributed by atoms with Crippen LogP contribution in [-0.4, -0.2) is 18.1 Å². The average molecular weight is 1040 g/mol. The van der Waals surface area contributed by atoms with Gasteiger partial charge in [-0.2, -0.15) is 0 Å². The van der Waals surface area contributed by atoms with Gasteiger partial charge in [-0.25, -0.2) is 0 Å². The van der Waals surface area contributed by atoms with E-state index in [1.54, 1.807) is 0 Å². The van der Waals surface area contributed by atoms with Gasteiger partial charge in [0.1, 0.15) is 0 Å². The maximum Gasteiger partial charge on any atom is 2.00 e. The Hall–Kier alpha value is 12.9. The van der Waals surface area contributed by atoms with Crippen LogP contribution in [0.25, 0.3) is 0 Å². The molecule has 8 nitrogen and oxygen atoms in total. The maximum atomic E-state index is 8.58. The standard InChI is InChI=1S/6Cs.Ni.2O4Si/c;;;;;;;2*1-5(2,3)4/q6*+1;+2;2*-4. The molecular weight excluding hydrogens is 1040 g/mol. The van der Waals surface area contributed by atoms with Gasteiger partial charge in [0.2, 0.25) is 0 Å². The van der Waals surface area contributed by atoms with E-state index in [9.17, 15) is 0 Å². The van der Waals surface area contributed by atoms with E-state index in [4.69, 9.17) is 38.4 Å². The monoisotopic (exact) mass is 1040 g/mol. The summed E-state index contributed by atoms with van der Waals surface area (Å²) in [6, 6.07) is 0. The molecule has 0 heterocycles. The Bertz CT molecular complexity index is 71.0. The Kier molecular flexibility index (Phi) is 122. The van der Waals surface area contributed by atoms with Crippen LogP contribution in [0.2, 0.25) is 0 Å². The van der Waals surface area contributed by atoms with Crippen molar-refractivity contribution in [3.63, 3.8) is 0 Å². The van der Waals surface area contributed by atoms with Crippen molar-refractivity contribution in [1.29, 1.82) is 0 Å². The summed E-state index contributed by atoms with van der Waals surface area (Å²) in [5.74, 6) is 0. The van der Waals surface area contributed by atoms with Crippen LogP contribution < -0.4 is 452 Å². The van der Waals surface area contributed by atoms with Crippen molar-refractivity contribution >= 4 is 18.1 Å². The summed E-state index contributed by atoms with van der Waals surface area (Å²) in [5.41, 5.74) is 0. The van der Waals surface area contributed by atoms with Crippen molar-refractivity contribution in [3.8, 4) is 0 Å². The third kappa shape index (κ3) is 126. The van der Waals surface area contributed by atoms with Crippen LogP contribution in [0.1, 0.15) is 0 Å². The van der Waals surface area contributed by atoms with Gasteiger partial charge in [-0.05, 0) is 0 Å². The number of rotatable bonds is 0. The second-order valence-corrected chi connectivity index (χ2v) is 3.00. The van der Waals surface area contributed by atoms with E-state index < -0.39 is 18.1 Å². The molecule has 0 bridgehead atoms. The molecule has 0 N–H and O–H groups in total. The number of hydrogen-bond acceptors (Lipinski definition) is 8. The Morgan fingerprint density at radius 3 is 0.353 bits per heavy atom. The van der Waals surface area contributed by atoms with E-state index in [1.165, 1.54) is 0 Å². The van der Waals surface area contributed by atoms with Gasteiger partial charge in [-0.1, -0.05) is 0 Å². The summed E-state index contributed by atoms with van der Waals surface area (Å²) in [7, 11) is -11.2. The topological polar surface area (TPSA) is 184 Å². The first kappa shape index (κ1) is 57.2. The van der Waals surface area contributed by atoms with Crippen LogP contribution in [-0.2, 0) is 16.5 Å². The summed E-state index contributed by atoms with van der Waals surface area (Å²) in [5, 5.41) is 0. The van der Waals surface area contributed by atoms with E-state index in [0.717, 1.165) is 0 Å². The maximum absolute atomic E-state index is 8.58. The minimum absolute atomic E-state index is 0. The molecule has 17 heavy (non-hydrogen) atoms. The van der Waals surface area contributed by atoms with E-state index in [2.05, 4.69) is 0 Å². The molecule has 0 aliphatic heterocycles. The van der Waals surface area contributed by atoms with Crippen molar-refractivity contribution in [2.45, 2.75) is 0 Å². The van der Waals surface area contributed by atoms with Crippen LogP contribution in [0.3, 0.4) is 0 Å². The van der Waals surface area contributed by atoms with Crippen LogP contribution in [0.15, 0.2) is 0 Å². The Labute approximate surface area is 465 Å². The Morgan fingerprint density at radius 1 is 0.353 bits per heavy atom. The minimum Gasteiger partial charge on any atom is -0.894 e. The minimum atomic E-state index is -5.61. The fourth-order valence-corrected chi connectivity index (χ4v) is 0. The first-order valence-corrected chi connectivity index (χ1v) is 4.90. The summed E-state index contributed by atoms with van der Waals surface area (Å²) >= 11 is 0. The molecule has 0 fully saturated rings. The zero-order valence-electron chi connectivity index (χ0n) is 10.6. The molecule has 0 spiro atoms. The van der Waals surface area contributed by atoms with Crippen molar-refractivity contribution in [2.75, 3.05) is 0 Å². The van der Waals surface area contributed by atoms with Gasteiger partial charge < -0.3 is 56.5 Å². The van der Waals surface area contributed by atoms with Gasteiger partial charge >= 0.3 is 430 Å². The average Bonchev–Trinajstić information content (AvgIpc) is 1.12. The van der Waals surface area contributed by atoms with Crippen LogP contribution in [0.4, 0.5) is 0 Å². The normalized spacial score (nSPS) is 7.06. The molecule has 0 aliphatic rings. The van der Waals surface area contributed by atoms with Gasteiger partial charge in [-0.15, -0.1) is 0 Å². The van der Waals surface area contributed by atoms with E-state index in [1.807, 2.05) is 0 Å². The summed E-state index contributed by atoms with van der Waals surface area (Å²) < 4.78 is 0. The fraction of sp³-hybridized carbons (Fsp3) is 0. The molecule has 17 heteroatoms. The molecule has 0 saturated carbocycles. The predicted octanol–water partition coefficient (Wildman–Crippen LogP) is -28.3. The first-order chi connectivity index (χ1) is 4.00. The van der Waals surface area contributed by atoms with Gasteiger partial charge in [0.25, 0.3) is 0 Å². The molecule has 0 aromatic heterocycles. The molecule has 0 saturated heterocycles. The van der Waals surface area contributed by atoms with Crippen molar-refractivity contribution in [1.82, 2.24) is 0 Å². The van der Waals surface area contributed by atoms with Crippen molar-refractivity contribution in [3.05, 3.63) is 0 Å². The summed E-state index contributed by atoms with van der Waals surface area (Å²) in [4.78, 5) is 68.6. The van der Waals surface area contributed by atoms with E-state index in [-0.39, 0.29) is 430 Å². The smallest absolute Gasteiger partial charge is 0.894 e. The van der Waals surface area contributed by atoms with Crippen molar-refractivity contribution in [2.24, 2.45) is 0 Å². The van der Waals surface area contributed by atoms with Crippen LogP contribution in [0.5, 0.6) is 0 Å². The second kappa shape index (κ2) is 36.3.